The third kappa shape index (κ3) is 4.56. The van der Waals surface area contributed by atoms with Crippen LogP contribution in [0.2, 0.25) is 0 Å². The molecule has 2 aromatic carbocycles. The summed E-state index contributed by atoms with van der Waals surface area (Å²) in [5.74, 6) is 2.84. The van der Waals surface area contributed by atoms with Crippen LogP contribution in [-0.2, 0) is 13.0 Å². The molecule has 3 aromatic rings. The van der Waals surface area contributed by atoms with Gasteiger partial charge in [-0.3, -0.25) is 4.79 Å². The van der Waals surface area contributed by atoms with Gasteiger partial charge in [-0.05, 0) is 62.2 Å². The Morgan fingerprint density at radius 3 is 2.57 bits per heavy atom. The average Bonchev–Trinajstić information content (AvgIpc) is 3.09. The molecule has 1 aliphatic heterocycles. The van der Waals surface area contributed by atoms with Gasteiger partial charge in [-0.1, -0.05) is 11.2 Å². The molecule has 1 amide bonds. The van der Waals surface area contributed by atoms with Crippen LogP contribution in [0.5, 0.6) is 17.2 Å². The third-order valence-corrected chi connectivity index (χ3v) is 4.99. The number of carbonyl (C=O) groups is 1. The van der Waals surface area contributed by atoms with Gasteiger partial charge in [-0.25, -0.2) is 0 Å². The van der Waals surface area contributed by atoms with E-state index in [1.807, 2.05) is 32.0 Å². The molecule has 7 nitrogen and oxygen atoms in total. The molecule has 0 bridgehead atoms. The lowest BCUT2D eigenvalue weighted by Crippen LogP contribution is -2.25. The van der Waals surface area contributed by atoms with Crippen LogP contribution >= 0.6 is 0 Å². The highest BCUT2D eigenvalue weighted by Gasteiger charge is 2.12. The van der Waals surface area contributed by atoms with Crippen molar-refractivity contribution in [1.29, 1.82) is 0 Å². The fourth-order valence-corrected chi connectivity index (χ4v) is 3.23. The first kappa shape index (κ1) is 19.8. The zero-order valence-corrected chi connectivity index (χ0v) is 17.1. The Bertz CT molecular complexity index is 1010. The SMILES string of the molecule is Cc1noc(C)c1COc1ccc(C(=O)NCCc2ccc3c(c2)OCCO3)cc1. The maximum absolute atomic E-state index is 12.4. The van der Waals surface area contributed by atoms with E-state index in [0.29, 0.717) is 44.1 Å². The van der Waals surface area contributed by atoms with Crippen LogP contribution in [0.1, 0.15) is 32.9 Å². The number of nitrogens with zero attached hydrogens (tertiary/aromatic N) is 1. The number of aryl methyl sites for hydroxylation is 2. The van der Waals surface area contributed by atoms with Crippen LogP contribution in [0.3, 0.4) is 0 Å². The Kier molecular flexibility index (Phi) is 5.88. The van der Waals surface area contributed by atoms with Gasteiger partial charge in [0.2, 0.25) is 0 Å². The van der Waals surface area contributed by atoms with Gasteiger partial charge < -0.3 is 24.1 Å². The quantitative estimate of drug-likeness (QED) is 0.643. The predicted octanol–water partition coefficient (Wildman–Crippen LogP) is 3.61. The third-order valence-electron chi connectivity index (χ3n) is 4.99. The van der Waals surface area contributed by atoms with Gasteiger partial charge in [-0.2, -0.15) is 0 Å². The zero-order valence-electron chi connectivity index (χ0n) is 17.1. The Labute approximate surface area is 174 Å². The standard InChI is InChI=1S/C23H24N2O5/c1-15-20(16(2)30-25-15)14-29-19-6-4-18(5-7-19)23(26)24-10-9-17-3-8-21-22(13-17)28-12-11-27-21/h3-8,13H,9-12,14H2,1-2H3,(H,24,26). The van der Waals surface area contributed by atoms with Crippen molar-refractivity contribution in [3.63, 3.8) is 0 Å². The number of ether oxygens (including phenoxy) is 3. The molecule has 2 heterocycles. The maximum Gasteiger partial charge on any atom is 0.251 e. The van der Waals surface area contributed by atoms with Crippen LogP contribution in [-0.4, -0.2) is 30.8 Å². The van der Waals surface area contributed by atoms with Crippen molar-refractivity contribution in [2.45, 2.75) is 26.9 Å². The molecule has 0 unspecified atom stereocenters. The molecule has 0 atom stereocenters. The van der Waals surface area contributed by atoms with Crippen molar-refractivity contribution >= 4 is 5.91 Å². The van der Waals surface area contributed by atoms with Crippen molar-refractivity contribution in [3.05, 3.63) is 70.6 Å². The fraction of sp³-hybridized carbons (Fsp3) is 0.304. The van der Waals surface area contributed by atoms with Crippen LogP contribution in [0.25, 0.3) is 0 Å². The van der Waals surface area contributed by atoms with Crippen LogP contribution in [0.4, 0.5) is 0 Å². The minimum Gasteiger partial charge on any atom is -0.489 e. The molecule has 0 aliphatic carbocycles. The lowest BCUT2D eigenvalue weighted by Gasteiger charge is -2.18. The normalized spacial score (nSPS) is 12.5. The summed E-state index contributed by atoms with van der Waals surface area (Å²) in [6, 6.07) is 12.9. The first-order chi connectivity index (χ1) is 14.6. The number of nitrogens with one attached hydrogen (secondary N) is 1. The summed E-state index contributed by atoms with van der Waals surface area (Å²) in [7, 11) is 0. The number of benzene rings is 2. The summed E-state index contributed by atoms with van der Waals surface area (Å²) in [5.41, 5.74) is 3.43. The van der Waals surface area contributed by atoms with Crippen molar-refractivity contribution in [2.75, 3.05) is 19.8 Å². The number of aromatic nitrogens is 1. The van der Waals surface area contributed by atoms with Gasteiger partial charge in [-0.15, -0.1) is 0 Å². The van der Waals surface area contributed by atoms with E-state index in [1.54, 1.807) is 24.3 Å². The molecule has 4 rings (SSSR count). The highest BCUT2D eigenvalue weighted by atomic mass is 16.6. The molecule has 0 saturated carbocycles. The second-order valence-electron chi connectivity index (χ2n) is 7.10. The zero-order chi connectivity index (χ0) is 20.9. The van der Waals surface area contributed by atoms with Gasteiger partial charge in [0.25, 0.3) is 5.91 Å². The van der Waals surface area contributed by atoms with Gasteiger partial charge in [0.1, 0.15) is 31.3 Å². The monoisotopic (exact) mass is 408 g/mol. The number of hydrogen-bond acceptors (Lipinski definition) is 6. The van der Waals surface area contributed by atoms with Gasteiger partial charge in [0.15, 0.2) is 11.5 Å². The Morgan fingerprint density at radius 1 is 1.07 bits per heavy atom. The molecule has 1 aromatic heterocycles. The molecule has 30 heavy (non-hydrogen) atoms. The largest absolute Gasteiger partial charge is 0.489 e. The molecule has 0 spiro atoms. The lowest BCUT2D eigenvalue weighted by molar-refractivity contribution is 0.0954. The molecule has 1 aliphatic rings. The molecule has 0 saturated heterocycles. The molecule has 0 radical (unpaired) electrons. The fourth-order valence-electron chi connectivity index (χ4n) is 3.23. The Morgan fingerprint density at radius 2 is 1.83 bits per heavy atom. The predicted molar refractivity (Wildman–Crippen MR) is 110 cm³/mol. The Hall–Kier alpha value is -3.48. The summed E-state index contributed by atoms with van der Waals surface area (Å²) in [6.07, 6.45) is 0.709. The number of carbonyl (C=O) groups excluding carboxylic acids is 1. The van der Waals surface area contributed by atoms with E-state index in [4.69, 9.17) is 18.7 Å². The molecular formula is C23H24N2O5. The van der Waals surface area contributed by atoms with E-state index in [1.165, 1.54) is 0 Å². The first-order valence-corrected chi connectivity index (χ1v) is 9.91. The molecule has 1 N–H and O–H groups in total. The smallest absolute Gasteiger partial charge is 0.251 e. The van der Waals surface area contributed by atoms with Crippen LogP contribution < -0.4 is 19.5 Å². The first-order valence-electron chi connectivity index (χ1n) is 9.91. The van der Waals surface area contributed by atoms with E-state index in [9.17, 15) is 4.79 Å². The van der Waals surface area contributed by atoms with E-state index in [0.717, 1.165) is 34.1 Å². The van der Waals surface area contributed by atoms with Gasteiger partial charge >= 0.3 is 0 Å². The molecule has 156 valence electrons. The van der Waals surface area contributed by atoms with Gasteiger partial charge in [0.05, 0.1) is 11.3 Å². The van der Waals surface area contributed by atoms with Crippen molar-refractivity contribution in [2.24, 2.45) is 0 Å². The summed E-state index contributed by atoms with van der Waals surface area (Å²) in [4.78, 5) is 12.4. The number of hydrogen-bond donors (Lipinski definition) is 1. The molecular weight excluding hydrogens is 384 g/mol. The minimum absolute atomic E-state index is 0.121. The summed E-state index contributed by atoms with van der Waals surface area (Å²) in [5, 5.41) is 6.86. The summed E-state index contributed by atoms with van der Waals surface area (Å²) in [6.45, 7) is 5.78. The number of amides is 1. The van der Waals surface area contributed by atoms with E-state index < -0.39 is 0 Å². The Balaban J connectivity index is 1.26. The van der Waals surface area contributed by atoms with Crippen molar-refractivity contribution < 1.29 is 23.5 Å². The van der Waals surface area contributed by atoms with Crippen LogP contribution in [0, 0.1) is 13.8 Å². The highest BCUT2D eigenvalue weighted by Crippen LogP contribution is 2.30. The average molecular weight is 408 g/mol. The number of rotatable bonds is 7. The maximum atomic E-state index is 12.4. The van der Waals surface area contributed by atoms with Gasteiger partial charge in [0, 0.05) is 12.1 Å². The van der Waals surface area contributed by atoms with E-state index >= 15 is 0 Å². The second kappa shape index (κ2) is 8.90. The van der Waals surface area contributed by atoms with Crippen LogP contribution in [0.15, 0.2) is 47.0 Å². The highest BCUT2D eigenvalue weighted by molar-refractivity contribution is 5.94. The van der Waals surface area contributed by atoms with Crippen molar-refractivity contribution in [3.8, 4) is 17.2 Å². The molecule has 7 heteroatoms. The second-order valence-corrected chi connectivity index (χ2v) is 7.10. The minimum atomic E-state index is -0.121. The summed E-state index contributed by atoms with van der Waals surface area (Å²) >= 11 is 0. The topological polar surface area (TPSA) is 82.8 Å². The lowest BCUT2D eigenvalue weighted by atomic mass is 10.1. The molecule has 0 fully saturated rings. The van der Waals surface area contributed by atoms with E-state index in [-0.39, 0.29) is 5.91 Å². The summed E-state index contributed by atoms with van der Waals surface area (Å²) < 4.78 is 22.0. The van der Waals surface area contributed by atoms with E-state index in [2.05, 4.69) is 10.5 Å². The number of fused-ring (bicyclic) bond motifs is 1. The van der Waals surface area contributed by atoms with Crippen molar-refractivity contribution in [1.82, 2.24) is 10.5 Å².